The average molecular weight is 98.1 g/mol. The van der Waals surface area contributed by atoms with Crippen molar-refractivity contribution in [2.45, 2.75) is 13.8 Å². The van der Waals surface area contributed by atoms with Crippen LogP contribution in [0.1, 0.15) is 13.8 Å². The van der Waals surface area contributed by atoms with Crippen LogP contribution in [0.3, 0.4) is 0 Å². The third kappa shape index (κ3) is 0.683. The van der Waals surface area contributed by atoms with E-state index in [1.807, 2.05) is 0 Å². The van der Waals surface area contributed by atoms with Crippen LogP contribution in [-0.2, 0) is 0 Å². The van der Waals surface area contributed by atoms with E-state index < -0.39 is 0 Å². The minimum absolute atomic E-state index is 0.900. The molecule has 0 amide bonds. The Labute approximate surface area is 43.6 Å². The first kappa shape index (κ1) is 4.50. The van der Waals surface area contributed by atoms with Crippen molar-refractivity contribution in [1.82, 2.24) is 10.6 Å². The Bertz CT molecular complexity index is 92.6. The van der Waals surface area contributed by atoms with Gasteiger partial charge in [-0.25, -0.2) is 0 Å². The van der Waals surface area contributed by atoms with Crippen molar-refractivity contribution in [1.29, 1.82) is 0 Å². The van der Waals surface area contributed by atoms with Crippen molar-refractivity contribution in [2.24, 2.45) is 0 Å². The van der Waals surface area contributed by atoms with Crippen LogP contribution in [0.25, 0.3) is 0 Å². The Balaban J connectivity index is 2.64. The van der Waals surface area contributed by atoms with Crippen molar-refractivity contribution in [3.8, 4) is 0 Å². The van der Waals surface area contributed by atoms with Gasteiger partial charge in [0, 0.05) is 11.4 Å². The molecule has 0 radical (unpaired) electrons. The molecular weight excluding hydrogens is 88.1 g/mol. The van der Waals surface area contributed by atoms with E-state index in [1.165, 1.54) is 11.4 Å². The normalized spacial score (nSPS) is 19.1. The molecule has 2 nitrogen and oxygen atoms in total. The molecule has 0 unspecified atom stereocenters. The van der Waals surface area contributed by atoms with Gasteiger partial charge in [-0.3, -0.25) is 0 Å². The molecule has 0 fully saturated rings. The fraction of sp³-hybridized carbons (Fsp3) is 0.600. The van der Waals surface area contributed by atoms with Crippen LogP contribution in [0.4, 0.5) is 0 Å². The summed E-state index contributed by atoms with van der Waals surface area (Å²) >= 11 is 0. The predicted molar refractivity (Wildman–Crippen MR) is 29.5 cm³/mol. The SMILES string of the molecule is CC1=C(C)NCN1. The fourth-order valence-corrected chi connectivity index (χ4v) is 0.575. The first-order chi connectivity index (χ1) is 3.30. The van der Waals surface area contributed by atoms with Gasteiger partial charge < -0.3 is 10.6 Å². The van der Waals surface area contributed by atoms with Crippen LogP contribution < -0.4 is 10.6 Å². The summed E-state index contributed by atoms with van der Waals surface area (Å²) in [5.74, 6) is 0. The molecule has 1 rings (SSSR count). The zero-order valence-corrected chi connectivity index (χ0v) is 4.71. The van der Waals surface area contributed by atoms with Crippen LogP contribution in [0.2, 0.25) is 0 Å². The van der Waals surface area contributed by atoms with Gasteiger partial charge in [0.05, 0.1) is 6.67 Å². The lowest BCUT2D eigenvalue weighted by Gasteiger charge is -1.88. The third-order valence-corrected chi connectivity index (χ3v) is 1.27. The van der Waals surface area contributed by atoms with Gasteiger partial charge in [0.15, 0.2) is 0 Å². The quantitative estimate of drug-likeness (QED) is 0.458. The Hall–Kier alpha value is -0.660. The zero-order chi connectivity index (χ0) is 5.28. The topological polar surface area (TPSA) is 24.1 Å². The standard InChI is InChI=1S/C5H10N2/c1-4-5(2)7-3-6-4/h6-7H,3H2,1-2H3. The summed E-state index contributed by atoms with van der Waals surface area (Å²) in [6.45, 7) is 5.03. The van der Waals surface area contributed by atoms with E-state index in [0.29, 0.717) is 0 Å². The highest BCUT2D eigenvalue weighted by molar-refractivity contribution is 5.09. The van der Waals surface area contributed by atoms with Crippen LogP contribution >= 0.6 is 0 Å². The molecule has 7 heavy (non-hydrogen) atoms. The molecule has 0 aromatic rings. The van der Waals surface area contributed by atoms with Gasteiger partial charge in [-0.2, -0.15) is 0 Å². The Morgan fingerprint density at radius 3 is 1.71 bits per heavy atom. The maximum Gasteiger partial charge on any atom is 0.0845 e. The first-order valence-corrected chi connectivity index (χ1v) is 2.46. The number of allylic oxidation sites excluding steroid dienone is 2. The van der Waals surface area contributed by atoms with Gasteiger partial charge >= 0.3 is 0 Å². The van der Waals surface area contributed by atoms with Gasteiger partial charge in [-0.05, 0) is 13.8 Å². The molecule has 1 heterocycles. The van der Waals surface area contributed by atoms with Crippen molar-refractivity contribution in [2.75, 3.05) is 6.67 Å². The molecule has 0 aliphatic carbocycles. The maximum atomic E-state index is 3.14. The summed E-state index contributed by atoms with van der Waals surface area (Å²) in [5.41, 5.74) is 2.53. The molecule has 2 heteroatoms. The third-order valence-electron chi connectivity index (χ3n) is 1.27. The highest BCUT2D eigenvalue weighted by Crippen LogP contribution is 1.98. The monoisotopic (exact) mass is 98.1 g/mol. The Morgan fingerprint density at radius 1 is 1.14 bits per heavy atom. The minimum Gasteiger partial charge on any atom is -0.370 e. The average Bonchev–Trinajstić information content (AvgIpc) is 1.91. The second-order valence-corrected chi connectivity index (χ2v) is 1.78. The summed E-state index contributed by atoms with van der Waals surface area (Å²) < 4.78 is 0. The Kier molecular flexibility index (Phi) is 0.929. The number of hydrogen-bond acceptors (Lipinski definition) is 2. The second-order valence-electron chi connectivity index (χ2n) is 1.78. The highest BCUT2D eigenvalue weighted by Gasteiger charge is 2.00. The van der Waals surface area contributed by atoms with Gasteiger partial charge in [-0.1, -0.05) is 0 Å². The minimum atomic E-state index is 0.900. The lowest BCUT2D eigenvalue weighted by Crippen LogP contribution is -2.13. The lowest BCUT2D eigenvalue weighted by molar-refractivity contribution is 0.798. The van der Waals surface area contributed by atoms with E-state index in [2.05, 4.69) is 24.5 Å². The molecular formula is C5H10N2. The van der Waals surface area contributed by atoms with Crippen LogP contribution in [0.15, 0.2) is 11.4 Å². The van der Waals surface area contributed by atoms with Crippen molar-refractivity contribution in [3.05, 3.63) is 11.4 Å². The van der Waals surface area contributed by atoms with Crippen molar-refractivity contribution in [3.63, 3.8) is 0 Å². The zero-order valence-electron chi connectivity index (χ0n) is 4.71. The molecule has 40 valence electrons. The molecule has 0 saturated carbocycles. The second kappa shape index (κ2) is 1.45. The summed E-state index contributed by atoms with van der Waals surface area (Å²) in [6, 6.07) is 0. The number of hydrogen-bond donors (Lipinski definition) is 2. The highest BCUT2D eigenvalue weighted by atomic mass is 15.1. The van der Waals surface area contributed by atoms with Gasteiger partial charge in [0.25, 0.3) is 0 Å². The summed E-state index contributed by atoms with van der Waals surface area (Å²) in [6.07, 6.45) is 0. The smallest absolute Gasteiger partial charge is 0.0845 e. The van der Waals surface area contributed by atoms with Gasteiger partial charge in [0.2, 0.25) is 0 Å². The molecule has 0 spiro atoms. The fourth-order valence-electron chi connectivity index (χ4n) is 0.575. The predicted octanol–water partition coefficient (Wildman–Crippen LogP) is 0.388. The van der Waals surface area contributed by atoms with Crippen molar-refractivity contribution < 1.29 is 0 Å². The van der Waals surface area contributed by atoms with Crippen LogP contribution in [0, 0.1) is 0 Å². The molecule has 0 aromatic carbocycles. The molecule has 0 atom stereocenters. The molecule has 0 aromatic heterocycles. The summed E-state index contributed by atoms with van der Waals surface area (Å²) in [5, 5.41) is 6.28. The summed E-state index contributed by atoms with van der Waals surface area (Å²) in [7, 11) is 0. The van der Waals surface area contributed by atoms with E-state index in [1.54, 1.807) is 0 Å². The van der Waals surface area contributed by atoms with Crippen molar-refractivity contribution >= 4 is 0 Å². The molecule has 2 N–H and O–H groups in total. The largest absolute Gasteiger partial charge is 0.370 e. The molecule has 1 aliphatic heterocycles. The van der Waals surface area contributed by atoms with Gasteiger partial charge in [-0.15, -0.1) is 0 Å². The van der Waals surface area contributed by atoms with Crippen LogP contribution in [-0.4, -0.2) is 6.67 Å². The van der Waals surface area contributed by atoms with E-state index >= 15 is 0 Å². The van der Waals surface area contributed by atoms with Gasteiger partial charge in [0.1, 0.15) is 0 Å². The van der Waals surface area contributed by atoms with E-state index in [0.717, 1.165) is 6.67 Å². The molecule has 0 bridgehead atoms. The lowest BCUT2D eigenvalue weighted by atomic mass is 10.4. The molecule has 1 aliphatic rings. The van der Waals surface area contributed by atoms with E-state index in [9.17, 15) is 0 Å². The first-order valence-electron chi connectivity index (χ1n) is 2.46. The molecule has 0 saturated heterocycles. The number of nitrogens with one attached hydrogen (secondary N) is 2. The summed E-state index contributed by atoms with van der Waals surface area (Å²) in [4.78, 5) is 0. The maximum absolute atomic E-state index is 3.14. The Morgan fingerprint density at radius 2 is 1.57 bits per heavy atom. The van der Waals surface area contributed by atoms with E-state index in [-0.39, 0.29) is 0 Å². The van der Waals surface area contributed by atoms with E-state index in [4.69, 9.17) is 0 Å². The van der Waals surface area contributed by atoms with Crippen LogP contribution in [0.5, 0.6) is 0 Å². The number of rotatable bonds is 0.